The molecule has 0 aliphatic heterocycles. The number of carbonyl (C=O) groups is 1. The van der Waals surface area contributed by atoms with Gasteiger partial charge in [0, 0.05) is 6.20 Å². The first kappa shape index (κ1) is 15.9. The fourth-order valence-electron chi connectivity index (χ4n) is 2.29. The smallest absolute Gasteiger partial charge is 0.251 e. The first-order valence-electron chi connectivity index (χ1n) is 7.78. The maximum atomic E-state index is 12.3. The molecule has 1 unspecified atom stereocenters. The van der Waals surface area contributed by atoms with Crippen LogP contribution in [-0.4, -0.2) is 30.5 Å². The van der Waals surface area contributed by atoms with Crippen LogP contribution in [0.15, 0.2) is 43.0 Å². The van der Waals surface area contributed by atoms with Gasteiger partial charge in [0.25, 0.3) is 5.91 Å². The molecular formula is C17H20N6O. The molecule has 24 heavy (non-hydrogen) atoms. The highest BCUT2D eigenvalue weighted by molar-refractivity contribution is 5.91. The Morgan fingerprint density at radius 1 is 1.21 bits per heavy atom. The molecule has 1 N–H and O–H groups in total. The number of hydrogen-bond donors (Lipinski definition) is 1. The highest BCUT2D eigenvalue weighted by Gasteiger charge is 2.17. The van der Waals surface area contributed by atoms with Crippen molar-refractivity contribution in [3.05, 3.63) is 59.7 Å². The van der Waals surface area contributed by atoms with Gasteiger partial charge in [-0.25, -0.2) is 9.67 Å². The quantitative estimate of drug-likeness (QED) is 0.781. The van der Waals surface area contributed by atoms with Crippen LogP contribution < -0.4 is 5.32 Å². The molecule has 1 amide bonds. The molecule has 1 aromatic carbocycles. The second kappa shape index (κ2) is 6.66. The van der Waals surface area contributed by atoms with E-state index in [0.29, 0.717) is 12.5 Å². The van der Waals surface area contributed by atoms with Crippen LogP contribution in [0.2, 0.25) is 0 Å². The van der Waals surface area contributed by atoms with Crippen molar-refractivity contribution in [1.82, 2.24) is 24.5 Å². The summed E-state index contributed by atoms with van der Waals surface area (Å²) in [5, 5.41) is 11.2. The fraction of sp³-hybridized carbons (Fsp3) is 0.294. The summed E-state index contributed by atoms with van der Waals surface area (Å²) in [5.74, 6) is 0.0917. The van der Waals surface area contributed by atoms with Gasteiger partial charge in [0.1, 0.15) is 12.4 Å². The number of benzene rings is 1. The molecule has 0 saturated heterocycles. The molecule has 0 fully saturated rings. The van der Waals surface area contributed by atoms with Gasteiger partial charge in [-0.1, -0.05) is 29.8 Å². The van der Waals surface area contributed by atoms with E-state index >= 15 is 0 Å². The minimum atomic E-state index is -0.428. The topological polar surface area (TPSA) is 77.6 Å². The minimum absolute atomic E-state index is 0.203. The Kier molecular flexibility index (Phi) is 4.41. The zero-order chi connectivity index (χ0) is 17.1. The number of aromatic nitrogens is 5. The van der Waals surface area contributed by atoms with Gasteiger partial charge in [0.2, 0.25) is 5.95 Å². The first-order chi connectivity index (χ1) is 11.5. The zero-order valence-corrected chi connectivity index (χ0v) is 14.0. The van der Waals surface area contributed by atoms with Crippen molar-refractivity contribution in [2.75, 3.05) is 5.32 Å². The molecule has 0 bridgehead atoms. The molecule has 0 saturated carbocycles. The normalized spacial score (nSPS) is 12.1. The van der Waals surface area contributed by atoms with Gasteiger partial charge < -0.3 is 0 Å². The van der Waals surface area contributed by atoms with Crippen LogP contribution in [0.5, 0.6) is 0 Å². The van der Waals surface area contributed by atoms with E-state index in [4.69, 9.17) is 0 Å². The predicted octanol–water partition coefficient (Wildman–Crippen LogP) is 2.34. The number of aryl methyl sites for hydroxylation is 2. The minimum Gasteiger partial charge on any atom is -0.291 e. The van der Waals surface area contributed by atoms with E-state index in [-0.39, 0.29) is 5.91 Å². The van der Waals surface area contributed by atoms with E-state index in [1.807, 2.05) is 13.1 Å². The molecule has 1 atom stereocenters. The Labute approximate surface area is 140 Å². The van der Waals surface area contributed by atoms with Crippen LogP contribution in [0.4, 0.5) is 5.95 Å². The van der Waals surface area contributed by atoms with Crippen LogP contribution in [0, 0.1) is 13.8 Å². The highest BCUT2D eigenvalue weighted by atomic mass is 16.2. The van der Waals surface area contributed by atoms with Crippen molar-refractivity contribution in [1.29, 1.82) is 0 Å². The van der Waals surface area contributed by atoms with E-state index in [2.05, 4.69) is 51.7 Å². The largest absolute Gasteiger partial charge is 0.291 e. The molecule has 3 rings (SSSR count). The lowest BCUT2D eigenvalue weighted by Crippen LogP contribution is -2.24. The standard InChI is InChI=1S/C17H20N6O/c1-12-4-6-15(7-5-12)10-22-11-18-17(21-22)20-16(24)14(3)23-9-13(2)8-19-23/h4-9,11,14H,10H2,1-3H3,(H,20,21,24). The van der Waals surface area contributed by atoms with E-state index in [1.54, 1.807) is 28.8 Å². The Morgan fingerprint density at radius 2 is 1.96 bits per heavy atom. The molecule has 2 heterocycles. The fourth-order valence-corrected chi connectivity index (χ4v) is 2.29. The van der Waals surface area contributed by atoms with Crippen LogP contribution in [-0.2, 0) is 11.3 Å². The molecule has 0 spiro atoms. The Bertz CT molecular complexity index is 833. The Hall–Kier alpha value is -2.96. The van der Waals surface area contributed by atoms with Crippen molar-refractivity contribution in [3.63, 3.8) is 0 Å². The number of amides is 1. The maximum Gasteiger partial charge on any atom is 0.251 e. The maximum absolute atomic E-state index is 12.3. The van der Waals surface area contributed by atoms with Gasteiger partial charge in [-0.2, -0.15) is 5.10 Å². The lowest BCUT2D eigenvalue weighted by molar-refractivity contribution is -0.119. The number of hydrogen-bond acceptors (Lipinski definition) is 4. The van der Waals surface area contributed by atoms with E-state index in [0.717, 1.165) is 11.1 Å². The second-order valence-corrected chi connectivity index (χ2v) is 5.91. The summed E-state index contributed by atoms with van der Waals surface area (Å²) in [5.41, 5.74) is 3.35. The van der Waals surface area contributed by atoms with E-state index in [1.165, 1.54) is 5.56 Å². The summed E-state index contributed by atoms with van der Waals surface area (Å²) in [4.78, 5) is 16.4. The van der Waals surface area contributed by atoms with Crippen LogP contribution in [0.25, 0.3) is 0 Å². The van der Waals surface area contributed by atoms with Crippen LogP contribution >= 0.6 is 0 Å². The zero-order valence-electron chi connectivity index (χ0n) is 14.0. The molecule has 7 nitrogen and oxygen atoms in total. The van der Waals surface area contributed by atoms with Crippen molar-refractivity contribution in [3.8, 4) is 0 Å². The molecule has 0 aliphatic rings. The molecule has 124 valence electrons. The van der Waals surface area contributed by atoms with Crippen molar-refractivity contribution in [2.24, 2.45) is 0 Å². The molecule has 3 aromatic rings. The summed E-state index contributed by atoms with van der Waals surface area (Å²) >= 11 is 0. The van der Waals surface area contributed by atoms with Crippen molar-refractivity contribution in [2.45, 2.75) is 33.4 Å². The molecule has 2 aromatic heterocycles. The van der Waals surface area contributed by atoms with Gasteiger partial charge in [0.05, 0.1) is 12.7 Å². The highest BCUT2D eigenvalue weighted by Crippen LogP contribution is 2.10. The molecule has 7 heteroatoms. The first-order valence-corrected chi connectivity index (χ1v) is 7.78. The Morgan fingerprint density at radius 3 is 2.62 bits per heavy atom. The van der Waals surface area contributed by atoms with Gasteiger partial charge in [0.15, 0.2) is 0 Å². The van der Waals surface area contributed by atoms with E-state index in [9.17, 15) is 4.79 Å². The van der Waals surface area contributed by atoms with Crippen LogP contribution in [0.3, 0.4) is 0 Å². The Balaban J connectivity index is 1.63. The lowest BCUT2D eigenvalue weighted by Gasteiger charge is -2.10. The summed E-state index contributed by atoms with van der Waals surface area (Å²) < 4.78 is 3.32. The van der Waals surface area contributed by atoms with Crippen LogP contribution in [0.1, 0.15) is 29.7 Å². The number of rotatable bonds is 5. The molecule has 0 radical (unpaired) electrons. The third kappa shape index (κ3) is 3.68. The van der Waals surface area contributed by atoms with E-state index < -0.39 is 6.04 Å². The second-order valence-electron chi connectivity index (χ2n) is 5.91. The lowest BCUT2D eigenvalue weighted by atomic mass is 10.1. The monoisotopic (exact) mass is 324 g/mol. The van der Waals surface area contributed by atoms with Gasteiger partial charge in [-0.3, -0.25) is 14.8 Å². The van der Waals surface area contributed by atoms with Crippen molar-refractivity contribution >= 4 is 11.9 Å². The third-order valence-corrected chi connectivity index (χ3v) is 3.74. The van der Waals surface area contributed by atoms with Gasteiger partial charge in [-0.15, -0.1) is 5.10 Å². The third-order valence-electron chi connectivity index (χ3n) is 3.74. The van der Waals surface area contributed by atoms with Gasteiger partial charge in [-0.05, 0) is 31.9 Å². The molecule has 0 aliphatic carbocycles. The number of nitrogens with zero attached hydrogens (tertiary/aromatic N) is 5. The summed E-state index contributed by atoms with van der Waals surface area (Å²) in [7, 11) is 0. The van der Waals surface area contributed by atoms with Gasteiger partial charge >= 0.3 is 0 Å². The SMILES string of the molecule is Cc1ccc(Cn2cnc(NC(=O)C(C)n3cc(C)cn3)n2)cc1. The summed E-state index contributed by atoms with van der Waals surface area (Å²) in [6.45, 7) is 6.37. The summed E-state index contributed by atoms with van der Waals surface area (Å²) in [6, 6.07) is 7.79. The number of carbonyl (C=O) groups excluding carboxylic acids is 1. The molecular weight excluding hydrogens is 304 g/mol. The average molecular weight is 324 g/mol. The average Bonchev–Trinajstić information content (AvgIpc) is 3.18. The van der Waals surface area contributed by atoms with Crippen molar-refractivity contribution < 1.29 is 4.79 Å². The number of anilines is 1. The number of nitrogens with one attached hydrogen (secondary N) is 1. The summed E-state index contributed by atoms with van der Waals surface area (Å²) in [6.07, 6.45) is 5.16. The predicted molar refractivity (Wildman–Crippen MR) is 90.6 cm³/mol.